The molecule has 0 spiro atoms. The van der Waals surface area contributed by atoms with Crippen molar-refractivity contribution in [1.29, 1.82) is 0 Å². The Labute approximate surface area is 133 Å². The minimum Gasteiger partial charge on any atom is -0.391 e. The van der Waals surface area contributed by atoms with Gasteiger partial charge in [-0.15, -0.1) is 0 Å². The Kier molecular flexibility index (Phi) is 4.52. The molecular formula is C17H18FN3O2. The summed E-state index contributed by atoms with van der Waals surface area (Å²) in [5.74, 6) is -0.170. The van der Waals surface area contributed by atoms with Crippen LogP contribution < -0.4 is 5.32 Å². The van der Waals surface area contributed by atoms with Crippen LogP contribution in [0.3, 0.4) is 0 Å². The van der Waals surface area contributed by atoms with E-state index in [1.54, 1.807) is 35.4 Å². The van der Waals surface area contributed by atoms with E-state index in [1.807, 2.05) is 0 Å². The summed E-state index contributed by atoms with van der Waals surface area (Å²) in [4.78, 5) is 18.5. The fraction of sp³-hybridized carbons (Fsp3) is 0.294. The van der Waals surface area contributed by atoms with Crippen LogP contribution in [0.25, 0.3) is 0 Å². The highest BCUT2D eigenvalue weighted by Gasteiger charge is 2.25. The first-order valence-corrected chi connectivity index (χ1v) is 7.58. The highest BCUT2D eigenvalue weighted by Crippen LogP contribution is 2.22. The number of carbonyl (C=O) groups is 1. The van der Waals surface area contributed by atoms with Crippen LogP contribution in [0.15, 0.2) is 42.6 Å². The average Bonchev–Trinajstić information content (AvgIpc) is 2.55. The summed E-state index contributed by atoms with van der Waals surface area (Å²) >= 11 is 0. The predicted octanol–water partition coefficient (Wildman–Crippen LogP) is 2.56. The first-order valence-electron chi connectivity index (χ1n) is 7.58. The van der Waals surface area contributed by atoms with E-state index in [9.17, 15) is 14.3 Å². The van der Waals surface area contributed by atoms with Crippen LogP contribution in [0.2, 0.25) is 0 Å². The van der Waals surface area contributed by atoms with Crippen molar-refractivity contribution in [2.45, 2.75) is 18.9 Å². The largest absolute Gasteiger partial charge is 0.391 e. The van der Waals surface area contributed by atoms with E-state index in [4.69, 9.17) is 0 Å². The molecule has 0 aliphatic carbocycles. The number of aliphatic hydroxyl groups excluding tert-OH is 1. The van der Waals surface area contributed by atoms with Gasteiger partial charge >= 0.3 is 0 Å². The maximum atomic E-state index is 13.3. The molecule has 0 radical (unpaired) electrons. The molecule has 1 aliphatic heterocycles. The van der Waals surface area contributed by atoms with Crippen LogP contribution in [-0.2, 0) is 0 Å². The van der Waals surface area contributed by atoms with Crippen molar-refractivity contribution in [3.05, 3.63) is 54.0 Å². The lowest BCUT2D eigenvalue weighted by Crippen LogP contribution is -2.42. The summed E-state index contributed by atoms with van der Waals surface area (Å²) < 4.78 is 13.3. The van der Waals surface area contributed by atoms with Crippen molar-refractivity contribution in [1.82, 2.24) is 9.88 Å². The Morgan fingerprint density at radius 3 is 3.00 bits per heavy atom. The number of nitrogens with one attached hydrogen (secondary N) is 1. The van der Waals surface area contributed by atoms with Crippen molar-refractivity contribution in [3.8, 4) is 0 Å². The van der Waals surface area contributed by atoms with Crippen LogP contribution >= 0.6 is 0 Å². The van der Waals surface area contributed by atoms with Gasteiger partial charge in [0.15, 0.2) is 0 Å². The second-order valence-electron chi connectivity index (χ2n) is 5.58. The van der Waals surface area contributed by atoms with Gasteiger partial charge in [0.25, 0.3) is 5.91 Å². The van der Waals surface area contributed by atoms with E-state index in [1.165, 1.54) is 12.1 Å². The molecule has 2 heterocycles. The van der Waals surface area contributed by atoms with E-state index in [0.29, 0.717) is 36.6 Å². The Morgan fingerprint density at radius 2 is 2.22 bits per heavy atom. The molecule has 3 rings (SSSR count). The van der Waals surface area contributed by atoms with Gasteiger partial charge in [-0.25, -0.2) is 9.37 Å². The number of hydrogen-bond acceptors (Lipinski definition) is 4. The van der Waals surface area contributed by atoms with Crippen molar-refractivity contribution in [2.75, 3.05) is 18.4 Å². The molecule has 1 saturated heterocycles. The number of β-amino-alcohol motifs (C(OH)–C–C–N with tert-alkyl or cyclic N) is 1. The molecule has 23 heavy (non-hydrogen) atoms. The number of benzene rings is 1. The summed E-state index contributed by atoms with van der Waals surface area (Å²) in [6.07, 6.45) is 2.58. The summed E-state index contributed by atoms with van der Waals surface area (Å²) in [6.45, 7) is 0.942. The number of aliphatic hydroxyl groups is 1. The zero-order valence-electron chi connectivity index (χ0n) is 12.6. The number of nitrogens with zero attached hydrogens (tertiary/aromatic N) is 2. The fourth-order valence-corrected chi connectivity index (χ4v) is 2.69. The van der Waals surface area contributed by atoms with E-state index >= 15 is 0 Å². The van der Waals surface area contributed by atoms with Gasteiger partial charge in [-0.3, -0.25) is 4.79 Å². The normalized spacial score (nSPS) is 17.8. The molecule has 1 aliphatic rings. The quantitative estimate of drug-likeness (QED) is 0.913. The highest BCUT2D eigenvalue weighted by atomic mass is 19.1. The Hall–Kier alpha value is -2.47. The molecule has 1 amide bonds. The number of amides is 1. The monoisotopic (exact) mass is 315 g/mol. The van der Waals surface area contributed by atoms with Gasteiger partial charge < -0.3 is 15.3 Å². The van der Waals surface area contributed by atoms with E-state index in [-0.39, 0.29) is 11.7 Å². The first kappa shape index (κ1) is 15.4. The van der Waals surface area contributed by atoms with Gasteiger partial charge in [-0.2, -0.15) is 0 Å². The third kappa shape index (κ3) is 3.65. The van der Waals surface area contributed by atoms with Crippen molar-refractivity contribution >= 4 is 17.4 Å². The third-order valence-electron chi connectivity index (χ3n) is 3.81. The van der Waals surface area contributed by atoms with Gasteiger partial charge in [0, 0.05) is 25.0 Å². The zero-order chi connectivity index (χ0) is 16.2. The average molecular weight is 315 g/mol. The summed E-state index contributed by atoms with van der Waals surface area (Å²) in [6, 6.07) is 9.35. The second-order valence-corrected chi connectivity index (χ2v) is 5.58. The smallest absolute Gasteiger partial charge is 0.257 e. The summed E-state index contributed by atoms with van der Waals surface area (Å²) in [5, 5.41) is 12.7. The SMILES string of the molecule is O=C(c1cccnc1Nc1cccc(F)c1)N1CCCC(O)C1. The van der Waals surface area contributed by atoms with Gasteiger partial charge in [0.05, 0.1) is 11.7 Å². The molecule has 0 saturated carbocycles. The van der Waals surface area contributed by atoms with E-state index in [0.717, 1.165) is 6.42 Å². The maximum absolute atomic E-state index is 13.3. The topological polar surface area (TPSA) is 65.5 Å². The number of piperidine rings is 1. The van der Waals surface area contributed by atoms with Crippen molar-refractivity contribution in [2.24, 2.45) is 0 Å². The summed E-state index contributed by atoms with van der Waals surface area (Å²) in [5.41, 5.74) is 0.933. The predicted molar refractivity (Wildman–Crippen MR) is 85.1 cm³/mol. The van der Waals surface area contributed by atoms with Crippen LogP contribution in [0.1, 0.15) is 23.2 Å². The van der Waals surface area contributed by atoms with E-state index < -0.39 is 6.10 Å². The molecule has 6 heteroatoms. The molecule has 1 aromatic heterocycles. The number of carbonyl (C=O) groups excluding carboxylic acids is 1. The van der Waals surface area contributed by atoms with Crippen molar-refractivity contribution in [3.63, 3.8) is 0 Å². The lowest BCUT2D eigenvalue weighted by molar-refractivity contribution is 0.0474. The number of hydrogen-bond donors (Lipinski definition) is 2. The molecule has 0 bridgehead atoms. The highest BCUT2D eigenvalue weighted by molar-refractivity contribution is 5.99. The Balaban J connectivity index is 1.84. The van der Waals surface area contributed by atoms with Crippen LogP contribution in [0.5, 0.6) is 0 Å². The van der Waals surface area contributed by atoms with Crippen LogP contribution in [0.4, 0.5) is 15.9 Å². The molecule has 2 aromatic rings. The molecule has 1 atom stereocenters. The van der Waals surface area contributed by atoms with Crippen molar-refractivity contribution < 1.29 is 14.3 Å². The number of pyridine rings is 1. The number of rotatable bonds is 3. The second kappa shape index (κ2) is 6.75. The fourth-order valence-electron chi connectivity index (χ4n) is 2.69. The van der Waals surface area contributed by atoms with Gasteiger partial charge in [0.1, 0.15) is 11.6 Å². The van der Waals surface area contributed by atoms with Gasteiger partial charge in [0.2, 0.25) is 0 Å². The van der Waals surface area contributed by atoms with Gasteiger partial charge in [-0.05, 0) is 43.2 Å². The molecule has 1 fully saturated rings. The molecule has 1 unspecified atom stereocenters. The Bertz CT molecular complexity index is 708. The number of halogens is 1. The lowest BCUT2D eigenvalue weighted by atomic mass is 10.1. The minimum atomic E-state index is -0.482. The third-order valence-corrected chi connectivity index (χ3v) is 3.81. The Morgan fingerprint density at radius 1 is 1.35 bits per heavy atom. The number of aromatic nitrogens is 1. The molecular weight excluding hydrogens is 297 g/mol. The maximum Gasteiger partial charge on any atom is 0.257 e. The number of likely N-dealkylation sites (tertiary alicyclic amines) is 1. The van der Waals surface area contributed by atoms with Crippen LogP contribution in [0, 0.1) is 5.82 Å². The summed E-state index contributed by atoms with van der Waals surface area (Å²) in [7, 11) is 0. The first-order chi connectivity index (χ1) is 11.1. The molecule has 120 valence electrons. The number of anilines is 2. The van der Waals surface area contributed by atoms with Crippen LogP contribution in [-0.4, -0.2) is 40.1 Å². The molecule has 2 N–H and O–H groups in total. The molecule has 5 nitrogen and oxygen atoms in total. The zero-order valence-corrected chi connectivity index (χ0v) is 12.6. The van der Waals surface area contributed by atoms with Gasteiger partial charge in [-0.1, -0.05) is 6.07 Å². The minimum absolute atomic E-state index is 0.184. The lowest BCUT2D eigenvalue weighted by Gasteiger charge is -2.30. The molecule has 1 aromatic carbocycles. The van der Waals surface area contributed by atoms with E-state index in [2.05, 4.69) is 10.3 Å². The standard InChI is InChI=1S/C17H18FN3O2/c18-12-4-1-5-13(10-12)20-16-15(7-2-8-19-16)17(23)21-9-3-6-14(22)11-21/h1-2,4-5,7-8,10,14,22H,3,6,9,11H2,(H,19,20).